The highest BCUT2D eigenvalue weighted by Gasteiger charge is 2.08. The molecule has 2 aromatic rings. The molecule has 1 aromatic heterocycles. The molecule has 3 N–H and O–H groups in total. The average molecular weight is 217 g/mol. The number of nitrogens with two attached hydrogens (primary N) is 1. The van der Waals surface area contributed by atoms with E-state index in [-0.39, 0.29) is 0 Å². The van der Waals surface area contributed by atoms with E-state index in [1.165, 1.54) is 11.1 Å². The zero-order valence-corrected chi connectivity index (χ0v) is 9.96. The Hall–Kier alpha value is -1.48. The molecule has 16 heavy (non-hydrogen) atoms. The van der Waals surface area contributed by atoms with Gasteiger partial charge < -0.3 is 15.6 Å². The van der Waals surface area contributed by atoms with Crippen LogP contribution in [0, 0.1) is 0 Å². The van der Waals surface area contributed by atoms with Crippen molar-refractivity contribution >= 4 is 16.6 Å². The first kappa shape index (κ1) is 11.0. The predicted octanol–water partition coefficient (Wildman–Crippen LogP) is 2.35. The maximum absolute atomic E-state index is 6.03. The van der Waals surface area contributed by atoms with E-state index < -0.39 is 0 Å². The fourth-order valence-corrected chi connectivity index (χ4v) is 2.17. The molecule has 0 radical (unpaired) electrons. The molecule has 2 rings (SSSR count). The number of anilines is 1. The molecule has 0 aliphatic rings. The van der Waals surface area contributed by atoms with Crippen molar-refractivity contribution in [3.8, 4) is 0 Å². The van der Waals surface area contributed by atoms with Crippen LogP contribution in [-0.2, 0) is 13.1 Å². The number of nitrogens with one attached hydrogen (secondary N) is 1. The molecule has 0 fully saturated rings. The Balaban J connectivity index is 2.53. The van der Waals surface area contributed by atoms with Gasteiger partial charge in [-0.2, -0.15) is 0 Å². The summed E-state index contributed by atoms with van der Waals surface area (Å²) in [6.07, 6.45) is 0. The molecule has 0 saturated carbocycles. The summed E-state index contributed by atoms with van der Waals surface area (Å²) in [6.45, 7) is 7.12. The Kier molecular flexibility index (Phi) is 3.15. The van der Waals surface area contributed by atoms with E-state index in [2.05, 4.69) is 35.9 Å². The van der Waals surface area contributed by atoms with Crippen molar-refractivity contribution in [3.05, 3.63) is 30.0 Å². The predicted molar refractivity (Wildman–Crippen MR) is 69.4 cm³/mol. The summed E-state index contributed by atoms with van der Waals surface area (Å²) >= 11 is 0. The van der Waals surface area contributed by atoms with Crippen molar-refractivity contribution in [1.29, 1.82) is 0 Å². The molecule has 86 valence electrons. The van der Waals surface area contributed by atoms with Crippen LogP contribution in [0.25, 0.3) is 10.9 Å². The molecule has 0 aliphatic carbocycles. The van der Waals surface area contributed by atoms with Crippen molar-refractivity contribution in [3.63, 3.8) is 0 Å². The highest BCUT2D eigenvalue weighted by atomic mass is 15.0. The Labute approximate surface area is 96.2 Å². The summed E-state index contributed by atoms with van der Waals surface area (Å²) in [5, 5.41) is 4.59. The van der Waals surface area contributed by atoms with Crippen LogP contribution < -0.4 is 11.1 Å². The smallest absolute Gasteiger partial charge is 0.0716 e. The van der Waals surface area contributed by atoms with Gasteiger partial charge >= 0.3 is 0 Å². The molecular formula is C13H19N3. The molecule has 0 aliphatic heterocycles. The van der Waals surface area contributed by atoms with E-state index in [1.807, 2.05) is 12.1 Å². The number of fused-ring (bicyclic) bond motifs is 1. The van der Waals surface area contributed by atoms with Gasteiger partial charge in [0.2, 0.25) is 0 Å². The lowest BCUT2D eigenvalue weighted by Gasteiger charge is -2.09. The van der Waals surface area contributed by atoms with Gasteiger partial charge in [-0.15, -0.1) is 0 Å². The Bertz CT molecular complexity index is 485. The second kappa shape index (κ2) is 4.58. The summed E-state index contributed by atoms with van der Waals surface area (Å²) in [6, 6.07) is 8.31. The minimum absolute atomic E-state index is 0.863. The van der Waals surface area contributed by atoms with E-state index in [1.54, 1.807) is 0 Å². The van der Waals surface area contributed by atoms with Gasteiger partial charge in [-0.3, -0.25) is 0 Å². The van der Waals surface area contributed by atoms with Gasteiger partial charge in [0.05, 0.1) is 11.2 Å². The van der Waals surface area contributed by atoms with Gasteiger partial charge in [0.15, 0.2) is 0 Å². The van der Waals surface area contributed by atoms with Crippen molar-refractivity contribution in [2.24, 2.45) is 0 Å². The van der Waals surface area contributed by atoms with Crippen LogP contribution in [0.5, 0.6) is 0 Å². The largest absolute Gasteiger partial charge is 0.397 e. The number of nitrogen functional groups attached to an aromatic ring is 1. The Morgan fingerprint density at radius 3 is 2.81 bits per heavy atom. The van der Waals surface area contributed by atoms with Gasteiger partial charge in [-0.05, 0) is 25.6 Å². The molecule has 0 unspecified atom stereocenters. The lowest BCUT2D eigenvalue weighted by molar-refractivity contribution is 0.657. The number of aryl methyl sites for hydroxylation is 1. The van der Waals surface area contributed by atoms with Crippen LogP contribution in [0.3, 0.4) is 0 Å². The van der Waals surface area contributed by atoms with Crippen LogP contribution in [0.4, 0.5) is 5.69 Å². The van der Waals surface area contributed by atoms with Crippen molar-refractivity contribution in [2.75, 3.05) is 12.3 Å². The van der Waals surface area contributed by atoms with Gasteiger partial charge in [-0.1, -0.05) is 19.1 Å². The van der Waals surface area contributed by atoms with Crippen molar-refractivity contribution in [1.82, 2.24) is 9.88 Å². The minimum atomic E-state index is 0.863. The van der Waals surface area contributed by atoms with E-state index in [9.17, 15) is 0 Å². The van der Waals surface area contributed by atoms with Crippen LogP contribution in [0.1, 0.15) is 19.5 Å². The van der Waals surface area contributed by atoms with Crippen molar-refractivity contribution < 1.29 is 0 Å². The van der Waals surface area contributed by atoms with E-state index in [4.69, 9.17) is 5.73 Å². The second-order valence-electron chi connectivity index (χ2n) is 3.95. The Morgan fingerprint density at radius 2 is 2.12 bits per heavy atom. The monoisotopic (exact) mass is 217 g/mol. The summed E-state index contributed by atoms with van der Waals surface area (Å²) in [5.41, 5.74) is 9.36. The van der Waals surface area contributed by atoms with Gasteiger partial charge in [0, 0.05) is 24.2 Å². The average Bonchev–Trinajstić information content (AvgIpc) is 2.65. The maximum Gasteiger partial charge on any atom is 0.0716 e. The number of para-hydroxylation sites is 1. The first-order chi connectivity index (χ1) is 7.77. The Morgan fingerprint density at radius 1 is 1.31 bits per heavy atom. The molecule has 1 heterocycles. The summed E-state index contributed by atoms with van der Waals surface area (Å²) < 4.78 is 2.29. The first-order valence-corrected chi connectivity index (χ1v) is 5.85. The maximum atomic E-state index is 6.03. The molecule has 0 amide bonds. The number of benzene rings is 1. The van der Waals surface area contributed by atoms with E-state index in [0.717, 1.165) is 30.8 Å². The van der Waals surface area contributed by atoms with Crippen LogP contribution in [0.15, 0.2) is 24.3 Å². The van der Waals surface area contributed by atoms with Crippen LogP contribution >= 0.6 is 0 Å². The molecule has 3 nitrogen and oxygen atoms in total. The van der Waals surface area contributed by atoms with Crippen molar-refractivity contribution in [2.45, 2.75) is 26.9 Å². The van der Waals surface area contributed by atoms with Gasteiger partial charge in [0.25, 0.3) is 0 Å². The molecule has 0 saturated heterocycles. The molecular weight excluding hydrogens is 198 g/mol. The normalized spacial score (nSPS) is 11.1. The highest BCUT2D eigenvalue weighted by Crippen LogP contribution is 2.25. The fraction of sp³-hybridized carbons (Fsp3) is 0.385. The topological polar surface area (TPSA) is 43.0 Å². The third-order valence-electron chi connectivity index (χ3n) is 2.91. The summed E-state index contributed by atoms with van der Waals surface area (Å²) in [5.74, 6) is 0. The molecule has 0 atom stereocenters. The van der Waals surface area contributed by atoms with Crippen LogP contribution in [0.2, 0.25) is 0 Å². The summed E-state index contributed by atoms with van der Waals surface area (Å²) in [7, 11) is 0. The van der Waals surface area contributed by atoms with Gasteiger partial charge in [-0.25, -0.2) is 0 Å². The third-order valence-corrected chi connectivity index (χ3v) is 2.91. The number of hydrogen-bond donors (Lipinski definition) is 2. The third kappa shape index (κ3) is 1.78. The quantitative estimate of drug-likeness (QED) is 0.772. The number of rotatable bonds is 4. The lowest BCUT2D eigenvalue weighted by atomic mass is 10.2. The zero-order valence-electron chi connectivity index (χ0n) is 9.96. The summed E-state index contributed by atoms with van der Waals surface area (Å²) in [4.78, 5) is 0. The first-order valence-electron chi connectivity index (χ1n) is 5.85. The van der Waals surface area contributed by atoms with Crippen LogP contribution in [-0.4, -0.2) is 11.1 Å². The molecule has 3 heteroatoms. The van der Waals surface area contributed by atoms with Gasteiger partial charge in [0.1, 0.15) is 0 Å². The fourth-order valence-electron chi connectivity index (χ4n) is 2.17. The zero-order chi connectivity index (χ0) is 11.5. The molecule has 1 aromatic carbocycles. The minimum Gasteiger partial charge on any atom is -0.397 e. The van der Waals surface area contributed by atoms with E-state index in [0.29, 0.717) is 0 Å². The van der Waals surface area contributed by atoms with E-state index >= 15 is 0 Å². The SMILES string of the molecule is CCNCc1cc2cccc(N)c2n1CC. The standard InChI is InChI=1S/C13H19N3/c1-3-15-9-11-8-10-6-5-7-12(14)13(10)16(11)4-2/h5-8,15H,3-4,9,14H2,1-2H3. The number of aromatic nitrogens is 1. The number of nitrogens with zero attached hydrogens (tertiary/aromatic N) is 1. The number of hydrogen-bond acceptors (Lipinski definition) is 2. The molecule has 0 bridgehead atoms. The lowest BCUT2D eigenvalue weighted by Crippen LogP contribution is -2.15. The molecule has 0 spiro atoms. The highest BCUT2D eigenvalue weighted by molar-refractivity contribution is 5.91. The second-order valence-corrected chi connectivity index (χ2v) is 3.95.